The minimum Gasteiger partial charge on any atom is -0.352 e. The van der Waals surface area contributed by atoms with Gasteiger partial charge in [0.05, 0.1) is 18.0 Å². The number of anilines is 3. The predicted octanol–water partition coefficient (Wildman–Crippen LogP) is 4.07. The second-order valence-corrected chi connectivity index (χ2v) is 11.0. The van der Waals surface area contributed by atoms with Gasteiger partial charge < -0.3 is 10.2 Å². The summed E-state index contributed by atoms with van der Waals surface area (Å²) in [5.41, 5.74) is 3.55. The van der Waals surface area contributed by atoms with Gasteiger partial charge >= 0.3 is 0 Å². The molecule has 0 bridgehead atoms. The van der Waals surface area contributed by atoms with E-state index in [2.05, 4.69) is 56.3 Å². The molecule has 3 aliphatic heterocycles. The molecule has 1 aromatic carbocycles. The molecule has 4 heterocycles. The molecule has 1 aliphatic carbocycles. The molecule has 0 amide bonds. The molecule has 35 heavy (non-hydrogen) atoms. The molecule has 1 N–H and O–H groups in total. The quantitative estimate of drug-likeness (QED) is 0.693. The summed E-state index contributed by atoms with van der Waals surface area (Å²) in [5.74, 6) is -1.09. The molecule has 9 heteroatoms. The van der Waals surface area contributed by atoms with Crippen LogP contribution in [0.25, 0.3) is 0 Å². The van der Waals surface area contributed by atoms with Gasteiger partial charge in [0.15, 0.2) is 0 Å². The van der Waals surface area contributed by atoms with Crippen molar-refractivity contribution in [3.8, 4) is 6.07 Å². The fourth-order valence-corrected chi connectivity index (χ4v) is 6.30. The van der Waals surface area contributed by atoms with E-state index in [0.29, 0.717) is 51.4 Å². The number of piperidine rings is 1. The molecule has 0 atom stereocenters. The highest BCUT2D eigenvalue weighted by atomic mass is 19.3. The average molecular weight is 480 g/mol. The number of halogens is 2. The van der Waals surface area contributed by atoms with Gasteiger partial charge in [0.25, 0.3) is 5.92 Å². The summed E-state index contributed by atoms with van der Waals surface area (Å²) in [7, 11) is 2.12. The molecule has 3 fully saturated rings. The first-order valence-corrected chi connectivity index (χ1v) is 12.4. The maximum atomic E-state index is 13.8. The van der Waals surface area contributed by atoms with Gasteiger partial charge in [-0.15, -0.1) is 0 Å². The maximum Gasteiger partial charge on any atom is 0.254 e. The van der Waals surface area contributed by atoms with E-state index in [0.717, 1.165) is 30.2 Å². The fraction of sp³-hybridized carbons (Fsp3) is 0.577. The van der Waals surface area contributed by atoms with Crippen LogP contribution in [0, 0.1) is 23.7 Å². The molecule has 1 spiro atoms. The lowest BCUT2D eigenvalue weighted by molar-refractivity contribution is -0.0128. The van der Waals surface area contributed by atoms with Crippen molar-refractivity contribution < 1.29 is 8.78 Å². The first-order chi connectivity index (χ1) is 16.7. The average Bonchev–Trinajstić information content (AvgIpc) is 3.12. The number of aromatic nitrogens is 2. The van der Waals surface area contributed by atoms with Crippen LogP contribution in [0.4, 0.5) is 26.2 Å². The van der Waals surface area contributed by atoms with Crippen molar-refractivity contribution in [2.45, 2.75) is 57.2 Å². The standard InChI is InChI=1S/C26H31F2N7/c1-18-12-30-23(31-21-4-3-19-13-33(2)14-20(19)11-21)32-22(18)34-16-25(17-34,5-8-29)35-9-6-24(7-10-35)15-26(24,27)28/h3-4,11-12H,5-7,9-10,13-17H2,1-2H3,(H,30,31,32). The van der Waals surface area contributed by atoms with Gasteiger partial charge in [0.1, 0.15) is 5.82 Å². The van der Waals surface area contributed by atoms with Crippen LogP contribution >= 0.6 is 0 Å². The number of rotatable bonds is 5. The van der Waals surface area contributed by atoms with Gasteiger partial charge in [-0.1, -0.05) is 6.07 Å². The molecular weight excluding hydrogens is 448 g/mol. The van der Waals surface area contributed by atoms with Crippen molar-refractivity contribution in [3.63, 3.8) is 0 Å². The minimum atomic E-state index is -2.50. The molecular formula is C26H31F2N7. The van der Waals surface area contributed by atoms with E-state index in [9.17, 15) is 14.0 Å². The normalized spacial score (nSPS) is 24.0. The van der Waals surface area contributed by atoms with Crippen LogP contribution in [0.2, 0.25) is 0 Å². The highest BCUT2D eigenvalue weighted by Gasteiger charge is 2.71. The Hall–Kier alpha value is -2.83. The van der Waals surface area contributed by atoms with Crippen molar-refractivity contribution >= 4 is 17.5 Å². The summed E-state index contributed by atoms with van der Waals surface area (Å²) >= 11 is 0. The number of aryl methyl sites for hydroxylation is 1. The number of nitrogens with one attached hydrogen (secondary N) is 1. The highest BCUT2D eigenvalue weighted by molar-refractivity contribution is 5.60. The topological polar surface area (TPSA) is 71.3 Å². The lowest BCUT2D eigenvalue weighted by Gasteiger charge is -2.57. The third-order valence-corrected chi connectivity index (χ3v) is 8.57. The summed E-state index contributed by atoms with van der Waals surface area (Å²) in [4.78, 5) is 16.1. The Bertz CT molecular complexity index is 1190. The van der Waals surface area contributed by atoms with Gasteiger partial charge in [-0.3, -0.25) is 9.80 Å². The van der Waals surface area contributed by atoms with E-state index in [1.807, 2.05) is 13.1 Å². The summed E-state index contributed by atoms with van der Waals surface area (Å²) < 4.78 is 27.7. The smallest absolute Gasteiger partial charge is 0.254 e. The zero-order valence-electron chi connectivity index (χ0n) is 20.3. The number of nitriles is 1. The third kappa shape index (κ3) is 3.74. The second kappa shape index (κ2) is 7.84. The van der Waals surface area contributed by atoms with E-state index in [1.54, 1.807) is 0 Å². The Morgan fingerprint density at radius 1 is 1.14 bits per heavy atom. The summed E-state index contributed by atoms with van der Waals surface area (Å²) in [5, 5.41) is 12.9. The zero-order chi connectivity index (χ0) is 24.4. The Balaban J connectivity index is 1.15. The minimum absolute atomic E-state index is 0.0298. The number of benzene rings is 1. The zero-order valence-corrected chi connectivity index (χ0v) is 20.3. The number of hydrogen-bond acceptors (Lipinski definition) is 7. The molecule has 1 saturated carbocycles. The highest BCUT2D eigenvalue weighted by Crippen LogP contribution is 2.66. The van der Waals surface area contributed by atoms with Crippen LogP contribution in [-0.4, -0.2) is 64.5 Å². The Kier molecular flexibility index (Phi) is 5.07. The van der Waals surface area contributed by atoms with E-state index in [1.165, 1.54) is 11.1 Å². The van der Waals surface area contributed by atoms with E-state index in [4.69, 9.17) is 4.98 Å². The SMILES string of the molecule is Cc1cnc(Nc2ccc3c(c2)CN(C)C3)nc1N1CC(CC#N)(N2CCC3(CC2)CC3(F)F)C1. The van der Waals surface area contributed by atoms with Crippen molar-refractivity contribution in [1.82, 2.24) is 19.8 Å². The van der Waals surface area contributed by atoms with Crippen LogP contribution in [0.15, 0.2) is 24.4 Å². The molecule has 7 nitrogen and oxygen atoms in total. The van der Waals surface area contributed by atoms with E-state index < -0.39 is 11.3 Å². The van der Waals surface area contributed by atoms with Gasteiger partial charge in [0.2, 0.25) is 5.95 Å². The van der Waals surface area contributed by atoms with Crippen molar-refractivity contribution in [1.29, 1.82) is 5.26 Å². The molecule has 1 aromatic heterocycles. The number of alkyl halides is 2. The Morgan fingerprint density at radius 2 is 1.86 bits per heavy atom. The Morgan fingerprint density at radius 3 is 2.54 bits per heavy atom. The fourth-order valence-electron chi connectivity index (χ4n) is 6.30. The molecule has 0 unspecified atom stereocenters. The number of fused-ring (bicyclic) bond motifs is 1. The lowest BCUT2D eigenvalue weighted by atomic mass is 9.81. The van der Waals surface area contributed by atoms with Gasteiger partial charge in [-0.05, 0) is 63.2 Å². The van der Waals surface area contributed by atoms with E-state index in [-0.39, 0.29) is 12.0 Å². The maximum absolute atomic E-state index is 13.8. The number of nitrogens with zero attached hydrogens (tertiary/aromatic N) is 6. The first-order valence-electron chi connectivity index (χ1n) is 12.4. The van der Waals surface area contributed by atoms with Crippen LogP contribution in [0.5, 0.6) is 0 Å². The van der Waals surface area contributed by atoms with Crippen molar-refractivity contribution in [2.75, 3.05) is 43.4 Å². The third-order valence-electron chi connectivity index (χ3n) is 8.57. The van der Waals surface area contributed by atoms with Gasteiger partial charge in [-0.2, -0.15) is 10.2 Å². The lowest BCUT2D eigenvalue weighted by Crippen LogP contribution is -2.71. The van der Waals surface area contributed by atoms with E-state index >= 15 is 0 Å². The molecule has 2 saturated heterocycles. The van der Waals surface area contributed by atoms with Gasteiger partial charge in [-0.25, -0.2) is 13.8 Å². The first kappa shape index (κ1) is 22.6. The molecule has 0 radical (unpaired) electrons. The van der Waals surface area contributed by atoms with Crippen LogP contribution in [0.1, 0.15) is 42.4 Å². The molecule has 2 aromatic rings. The van der Waals surface area contributed by atoms with Crippen LogP contribution in [0.3, 0.4) is 0 Å². The number of likely N-dealkylation sites (tertiary alicyclic amines) is 1. The van der Waals surface area contributed by atoms with Crippen molar-refractivity contribution in [2.24, 2.45) is 5.41 Å². The molecule has 6 rings (SSSR count). The summed E-state index contributed by atoms with van der Waals surface area (Å²) in [6.07, 6.45) is 3.29. The molecule has 184 valence electrons. The molecule has 4 aliphatic rings. The predicted molar refractivity (Wildman–Crippen MR) is 130 cm³/mol. The van der Waals surface area contributed by atoms with Crippen molar-refractivity contribution in [3.05, 3.63) is 41.1 Å². The monoisotopic (exact) mass is 479 g/mol. The number of hydrogen-bond donors (Lipinski definition) is 1. The largest absolute Gasteiger partial charge is 0.352 e. The second-order valence-electron chi connectivity index (χ2n) is 11.0. The Labute approximate surface area is 204 Å². The summed E-state index contributed by atoms with van der Waals surface area (Å²) in [6.45, 7) is 6.52. The summed E-state index contributed by atoms with van der Waals surface area (Å²) in [6, 6.07) is 8.73. The van der Waals surface area contributed by atoms with Crippen LogP contribution in [-0.2, 0) is 13.1 Å². The van der Waals surface area contributed by atoms with Gasteiger partial charge in [0, 0.05) is 55.5 Å². The van der Waals surface area contributed by atoms with Crippen LogP contribution < -0.4 is 10.2 Å².